The summed E-state index contributed by atoms with van der Waals surface area (Å²) in [6.45, 7) is 0. The number of nitrogens with two attached hydrogens (primary N) is 1. The van der Waals surface area contributed by atoms with E-state index in [9.17, 15) is 5.11 Å². The van der Waals surface area contributed by atoms with E-state index in [1.54, 1.807) is 12.1 Å². The van der Waals surface area contributed by atoms with Gasteiger partial charge < -0.3 is 15.6 Å². The zero-order chi connectivity index (χ0) is 13.1. The van der Waals surface area contributed by atoms with Gasteiger partial charge in [0.2, 0.25) is 0 Å². The Labute approximate surface area is 107 Å². The van der Waals surface area contributed by atoms with Crippen LogP contribution in [0.25, 0.3) is 0 Å². The number of aromatic hydroxyl groups is 1. The minimum atomic E-state index is -0.294. The summed E-state index contributed by atoms with van der Waals surface area (Å²) < 4.78 is 5.08. The fraction of sp³-hybridized carbons (Fsp3) is 0.500. The summed E-state index contributed by atoms with van der Waals surface area (Å²) in [5, 5.41) is 19.3. The van der Waals surface area contributed by atoms with E-state index >= 15 is 0 Å². The monoisotopic (exact) mass is 246 g/mol. The van der Waals surface area contributed by atoms with Crippen LogP contribution in [0, 0.1) is 17.2 Å². The van der Waals surface area contributed by atoms with Crippen LogP contribution in [-0.4, -0.2) is 12.2 Å². The zero-order valence-corrected chi connectivity index (χ0v) is 10.5. The van der Waals surface area contributed by atoms with Gasteiger partial charge in [0.05, 0.1) is 18.7 Å². The van der Waals surface area contributed by atoms with Crippen LogP contribution >= 0.6 is 0 Å². The molecular weight excluding hydrogens is 228 g/mol. The van der Waals surface area contributed by atoms with Crippen molar-refractivity contribution in [2.24, 2.45) is 11.7 Å². The van der Waals surface area contributed by atoms with E-state index < -0.39 is 0 Å². The number of phenolic OH excluding ortho intramolecular Hbond substituents is 1. The summed E-state index contributed by atoms with van der Waals surface area (Å²) in [5.41, 5.74) is 7.20. The summed E-state index contributed by atoms with van der Waals surface area (Å²) in [6.07, 6.45) is 4.46. The third-order valence-electron chi connectivity index (χ3n) is 3.76. The van der Waals surface area contributed by atoms with Gasteiger partial charge in [0.15, 0.2) is 11.5 Å². The lowest BCUT2D eigenvalue weighted by molar-refractivity contribution is 0.359. The number of rotatable bonds is 3. The van der Waals surface area contributed by atoms with Crippen LogP contribution in [0.15, 0.2) is 12.1 Å². The van der Waals surface area contributed by atoms with E-state index in [-0.39, 0.29) is 11.8 Å². The van der Waals surface area contributed by atoms with E-state index in [0.717, 1.165) is 12.8 Å². The fourth-order valence-corrected chi connectivity index (χ4v) is 2.74. The molecule has 1 aromatic carbocycles. The third kappa shape index (κ3) is 2.14. The lowest BCUT2D eigenvalue weighted by Crippen LogP contribution is -2.20. The molecule has 0 saturated heterocycles. The van der Waals surface area contributed by atoms with Crippen LogP contribution in [0.4, 0.5) is 0 Å². The molecule has 1 aromatic rings. The number of methoxy groups -OCH3 is 1. The minimum absolute atomic E-state index is 0.0101. The molecule has 1 fully saturated rings. The van der Waals surface area contributed by atoms with Crippen LogP contribution in [0.1, 0.15) is 42.9 Å². The smallest absolute Gasteiger partial charge is 0.163 e. The van der Waals surface area contributed by atoms with Crippen LogP contribution in [0.5, 0.6) is 11.5 Å². The Kier molecular flexibility index (Phi) is 3.73. The Morgan fingerprint density at radius 2 is 2.11 bits per heavy atom. The van der Waals surface area contributed by atoms with Gasteiger partial charge in [0, 0.05) is 11.6 Å². The van der Waals surface area contributed by atoms with Crippen molar-refractivity contribution in [1.29, 1.82) is 5.26 Å². The molecule has 0 unspecified atom stereocenters. The maximum atomic E-state index is 10.2. The molecule has 18 heavy (non-hydrogen) atoms. The van der Waals surface area contributed by atoms with Crippen LogP contribution in [-0.2, 0) is 0 Å². The molecule has 1 saturated carbocycles. The lowest BCUT2D eigenvalue weighted by atomic mass is 9.89. The van der Waals surface area contributed by atoms with Gasteiger partial charge in [-0.3, -0.25) is 0 Å². The molecule has 4 heteroatoms. The normalized spacial score (nSPS) is 17.4. The van der Waals surface area contributed by atoms with Crippen molar-refractivity contribution in [2.75, 3.05) is 7.11 Å². The van der Waals surface area contributed by atoms with Gasteiger partial charge in [0.25, 0.3) is 0 Å². The van der Waals surface area contributed by atoms with Crippen molar-refractivity contribution < 1.29 is 9.84 Å². The molecule has 2 rings (SSSR count). The maximum Gasteiger partial charge on any atom is 0.163 e. The topological polar surface area (TPSA) is 79.3 Å². The number of benzene rings is 1. The SMILES string of the molecule is COc1ccc(C#N)c([C@@H](N)C2CCCC2)c1O. The standard InChI is InChI=1S/C14H18N2O2/c1-18-11-7-6-10(8-15)12(14(11)17)13(16)9-4-2-3-5-9/h6-7,9,13,17H,2-5,16H2,1H3/t13-/m0/s1. The molecule has 0 spiro atoms. The number of nitriles is 1. The minimum Gasteiger partial charge on any atom is -0.504 e. The van der Waals surface area contributed by atoms with E-state index in [1.807, 2.05) is 0 Å². The summed E-state index contributed by atoms with van der Waals surface area (Å²) in [5.74, 6) is 0.725. The predicted octanol–water partition coefficient (Wildman–Crippen LogP) is 2.46. The van der Waals surface area contributed by atoms with E-state index in [2.05, 4.69) is 6.07 Å². The molecule has 0 bridgehead atoms. The average molecular weight is 246 g/mol. The van der Waals surface area contributed by atoms with Crippen molar-refractivity contribution in [1.82, 2.24) is 0 Å². The first kappa shape index (κ1) is 12.7. The highest BCUT2D eigenvalue weighted by molar-refractivity contribution is 5.55. The molecule has 1 atom stereocenters. The molecule has 0 radical (unpaired) electrons. The van der Waals surface area contributed by atoms with Gasteiger partial charge in [-0.1, -0.05) is 12.8 Å². The van der Waals surface area contributed by atoms with Crippen LogP contribution < -0.4 is 10.5 Å². The molecule has 0 aromatic heterocycles. The molecule has 0 amide bonds. The van der Waals surface area contributed by atoms with Crippen molar-refractivity contribution in [2.45, 2.75) is 31.7 Å². The van der Waals surface area contributed by atoms with Crippen molar-refractivity contribution in [3.05, 3.63) is 23.3 Å². The second-order valence-corrected chi connectivity index (χ2v) is 4.76. The molecule has 0 aliphatic heterocycles. The fourth-order valence-electron chi connectivity index (χ4n) is 2.74. The number of ether oxygens (including phenoxy) is 1. The lowest BCUT2D eigenvalue weighted by Gasteiger charge is -2.22. The van der Waals surface area contributed by atoms with Crippen LogP contribution in [0.2, 0.25) is 0 Å². The van der Waals surface area contributed by atoms with Gasteiger partial charge in [0.1, 0.15) is 0 Å². The van der Waals surface area contributed by atoms with Gasteiger partial charge in [-0.25, -0.2) is 0 Å². The highest BCUT2D eigenvalue weighted by Gasteiger charge is 2.28. The predicted molar refractivity (Wildman–Crippen MR) is 68.3 cm³/mol. The van der Waals surface area contributed by atoms with E-state index in [4.69, 9.17) is 15.7 Å². The molecular formula is C14H18N2O2. The zero-order valence-electron chi connectivity index (χ0n) is 10.5. The first-order chi connectivity index (χ1) is 8.69. The Balaban J connectivity index is 2.43. The van der Waals surface area contributed by atoms with E-state index in [1.165, 1.54) is 20.0 Å². The quantitative estimate of drug-likeness (QED) is 0.858. The Hall–Kier alpha value is -1.73. The molecule has 3 N–H and O–H groups in total. The first-order valence-electron chi connectivity index (χ1n) is 6.24. The molecule has 4 nitrogen and oxygen atoms in total. The van der Waals surface area contributed by atoms with Crippen molar-refractivity contribution in [3.8, 4) is 17.6 Å². The Morgan fingerprint density at radius 3 is 2.67 bits per heavy atom. The Bertz CT molecular complexity index is 473. The summed E-state index contributed by atoms with van der Waals surface area (Å²) in [7, 11) is 1.49. The van der Waals surface area contributed by atoms with Gasteiger partial charge >= 0.3 is 0 Å². The largest absolute Gasteiger partial charge is 0.504 e. The number of hydrogen-bond donors (Lipinski definition) is 2. The molecule has 1 aliphatic rings. The highest BCUT2D eigenvalue weighted by atomic mass is 16.5. The first-order valence-corrected chi connectivity index (χ1v) is 6.24. The second-order valence-electron chi connectivity index (χ2n) is 4.76. The molecule has 96 valence electrons. The van der Waals surface area contributed by atoms with Gasteiger partial charge in [-0.15, -0.1) is 0 Å². The maximum absolute atomic E-state index is 10.2. The molecule has 0 heterocycles. The van der Waals surface area contributed by atoms with Gasteiger partial charge in [-0.2, -0.15) is 5.26 Å². The number of nitrogens with zero attached hydrogens (tertiary/aromatic N) is 1. The third-order valence-corrected chi connectivity index (χ3v) is 3.76. The Morgan fingerprint density at radius 1 is 1.44 bits per heavy atom. The highest BCUT2D eigenvalue weighted by Crippen LogP contribution is 2.42. The summed E-state index contributed by atoms with van der Waals surface area (Å²) >= 11 is 0. The average Bonchev–Trinajstić information content (AvgIpc) is 2.91. The van der Waals surface area contributed by atoms with Gasteiger partial charge in [-0.05, 0) is 30.9 Å². The second kappa shape index (κ2) is 5.28. The molecule has 1 aliphatic carbocycles. The van der Waals surface area contributed by atoms with E-state index in [0.29, 0.717) is 22.8 Å². The number of hydrogen-bond acceptors (Lipinski definition) is 4. The number of phenols is 1. The van der Waals surface area contributed by atoms with Crippen molar-refractivity contribution in [3.63, 3.8) is 0 Å². The van der Waals surface area contributed by atoms with Crippen LogP contribution in [0.3, 0.4) is 0 Å². The van der Waals surface area contributed by atoms with Crippen molar-refractivity contribution >= 4 is 0 Å². The summed E-state index contributed by atoms with van der Waals surface area (Å²) in [6, 6.07) is 5.05. The summed E-state index contributed by atoms with van der Waals surface area (Å²) in [4.78, 5) is 0.